The molecule has 0 aliphatic heterocycles. The highest BCUT2D eigenvalue weighted by molar-refractivity contribution is 5.97. The molecule has 0 aliphatic carbocycles. The molecule has 0 unspecified atom stereocenters. The lowest BCUT2D eigenvalue weighted by molar-refractivity contribution is 0.432. The molecule has 0 spiro atoms. The molecule has 0 amide bonds. The smallest absolute Gasteiger partial charge is 0.165 e. The molecule has 2 aromatic carbocycles. The Labute approximate surface area is 104 Å². The number of aromatic nitrogens is 1. The maximum Gasteiger partial charge on any atom is 0.165 e. The van der Waals surface area contributed by atoms with Gasteiger partial charge in [-0.15, -0.1) is 0 Å². The predicted molar refractivity (Wildman–Crippen MR) is 70.1 cm³/mol. The Balaban J connectivity index is 2.25. The fourth-order valence-electron chi connectivity index (χ4n) is 2.22. The highest BCUT2D eigenvalue weighted by atomic mass is 19.1. The Morgan fingerprint density at radius 1 is 1.17 bits per heavy atom. The number of rotatable bonds is 1. The molecule has 0 saturated heterocycles. The molecule has 2 nitrogen and oxygen atoms in total. The Kier molecular flexibility index (Phi) is 2.33. The zero-order chi connectivity index (χ0) is 12.7. The average molecular weight is 241 g/mol. The van der Waals surface area contributed by atoms with Crippen LogP contribution in [0.15, 0.2) is 42.6 Å². The third-order valence-corrected chi connectivity index (χ3v) is 3.18. The number of para-hydroxylation sites is 1. The van der Waals surface area contributed by atoms with E-state index in [0.29, 0.717) is 0 Å². The molecule has 3 aromatic rings. The van der Waals surface area contributed by atoms with Gasteiger partial charge in [-0.05, 0) is 30.2 Å². The summed E-state index contributed by atoms with van der Waals surface area (Å²) in [5.74, 6) is -0.927. The summed E-state index contributed by atoms with van der Waals surface area (Å²) in [6.07, 6.45) is 1.86. The van der Waals surface area contributed by atoms with Gasteiger partial charge in [-0.2, -0.15) is 0 Å². The number of aryl methyl sites for hydroxylation is 1. The van der Waals surface area contributed by atoms with Crippen molar-refractivity contribution < 1.29 is 9.50 Å². The fourth-order valence-corrected chi connectivity index (χ4v) is 2.22. The van der Waals surface area contributed by atoms with E-state index in [1.165, 1.54) is 12.1 Å². The van der Waals surface area contributed by atoms with Gasteiger partial charge in [0.15, 0.2) is 11.6 Å². The lowest BCUT2D eigenvalue weighted by Crippen LogP contribution is -1.80. The minimum atomic E-state index is -0.602. The van der Waals surface area contributed by atoms with E-state index < -0.39 is 5.82 Å². The quantitative estimate of drug-likeness (QED) is 0.664. The molecule has 0 fully saturated rings. The van der Waals surface area contributed by atoms with Gasteiger partial charge in [-0.25, -0.2) is 4.39 Å². The largest absolute Gasteiger partial charge is 0.505 e. The highest BCUT2D eigenvalue weighted by Crippen LogP contribution is 2.31. The molecule has 2 N–H and O–H groups in total. The SMILES string of the molecule is Cc1cccc2c(-c3ccc(O)c(F)c3)c[nH]c12. The van der Waals surface area contributed by atoms with Crippen molar-refractivity contribution in [3.05, 3.63) is 54.0 Å². The van der Waals surface area contributed by atoms with E-state index >= 15 is 0 Å². The molecule has 0 aliphatic rings. The maximum atomic E-state index is 13.4. The summed E-state index contributed by atoms with van der Waals surface area (Å²) in [7, 11) is 0. The number of benzene rings is 2. The van der Waals surface area contributed by atoms with E-state index in [1.54, 1.807) is 6.07 Å². The van der Waals surface area contributed by atoms with Gasteiger partial charge in [-0.1, -0.05) is 24.3 Å². The normalized spacial score (nSPS) is 11.0. The summed E-state index contributed by atoms with van der Waals surface area (Å²) < 4.78 is 13.4. The molecule has 0 saturated carbocycles. The third-order valence-electron chi connectivity index (χ3n) is 3.18. The summed E-state index contributed by atoms with van der Waals surface area (Å²) in [5, 5.41) is 10.3. The number of hydrogen-bond donors (Lipinski definition) is 2. The topological polar surface area (TPSA) is 36.0 Å². The Hall–Kier alpha value is -2.29. The van der Waals surface area contributed by atoms with E-state index in [2.05, 4.69) is 4.98 Å². The molecule has 0 atom stereocenters. The van der Waals surface area contributed by atoms with E-state index in [-0.39, 0.29) is 5.75 Å². The second kappa shape index (κ2) is 3.88. The van der Waals surface area contributed by atoms with Gasteiger partial charge in [-0.3, -0.25) is 0 Å². The average Bonchev–Trinajstić information content (AvgIpc) is 2.78. The molecule has 3 rings (SSSR count). The van der Waals surface area contributed by atoms with Crippen molar-refractivity contribution in [1.29, 1.82) is 0 Å². The van der Waals surface area contributed by atoms with Crippen LogP contribution in [0.2, 0.25) is 0 Å². The standard InChI is InChI=1S/C15H12FNO/c1-9-3-2-4-11-12(8-17-15(9)11)10-5-6-14(18)13(16)7-10/h2-8,17-18H,1H3. The van der Waals surface area contributed by atoms with Gasteiger partial charge in [0.2, 0.25) is 0 Å². The predicted octanol–water partition coefficient (Wildman–Crippen LogP) is 3.99. The number of fused-ring (bicyclic) bond motifs is 1. The number of aromatic amines is 1. The zero-order valence-electron chi connectivity index (χ0n) is 9.87. The second-order valence-electron chi connectivity index (χ2n) is 4.37. The van der Waals surface area contributed by atoms with Crippen LogP contribution in [0.3, 0.4) is 0 Å². The molecule has 0 bridgehead atoms. The molecule has 0 radical (unpaired) electrons. The lowest BCUT2D eigenvalue weighted by atomic mass is 10.0. The number of phenolic OH excluding ortho intramolecular Hbond substituents is 1. The minimum Gasteiger partial charge on any atom is -0.505 e. The van der Waals surface area contributed by atoms with E-state index in [0.717, 1.165) is 27.6 Å². The van der Waals surface area contributed by atoms with Gasteiger partial charge < -0.3 is 10.1 Å². The number of aromatic hydroxyl groups is 1. The number of hydrogen-bond acceptors (Lipinski definition) is 1. The maximum absolute atomic E-state index is 13.4. The van der Waals surface area contributed by atoms with Crippen LogP contribution in [0, 0.1) is 12.7 Å². The van der Waals surface area contributed by atoms with E-state index in [4.69, 9.17) is 0 Å². The van der Waals surface area contributed by atoms with Gasteiger partial charge in [0.05, 0.1) is 0 Å². The molecule has 90 valence electrons. The van der Waals surface area contributed by atoms with Gasteiger partial charge >= 0.3 is 0 Å². The van der Waals surface area contributed by atoms with Crippen LogP contribution >= 0.6 is 0 Å². The van der Waals surface area contributed by atoms with Crippen LogP contribution < -0.4 is 0 Å². The summed E-state index contributed by atoms with van der Waals surface area (Å²) in [6, 6.07) is 10.4. The van der Waals surface area contributed by atoms with Crippen molar-refractivity contribution in [1.82, 2.24) is 4.98 Å². The molecule has 1 aromatic heterocycles. The second-order valence-corrected chi connectivity index (χ2v) is 4.37. The first-order valence-electron chi connectivity index (χ1n) is 5.72. The summed E-state index contributed by atoms with van der Waals surface area (Å²) in [5.41, 5.74) is 3.90. The van der Waals surface area contributed by atoms with Crippen LogP contribution in [-0.4, -0.2) is 10.1 Å². The van der Waals surface area contributed by atoms with E-state index in [9.17, 15) is 9.50 Å². The Bertz CT molecular complexity index is 730. The molecular formula is C15H12FNO. The van der Waals surface area contributed by atoms with Crippen LogP contribution in [0.25, 0.3) is 22.0 Å². The highest BCUT2D eigenvalue weighted by Gasteiger charge is 2.09. The molecule has 18 heavy (non-hydrogen) atoms. The monoisotopic (exact) mass is 241 g/mol. The van der Waals surface area contributed by atoms with Crippen LogP contribution in [0.5, 0.6) is 5.75 Å². The number of H-pyrrole nitrogens is 1. The van der Waals surface area contributed by atoms with Crippen molar-refractivity contribution in [3.8, 4) is 16.9 Å². The summed E-state index contributed by atoms with van der Waals surface area (Å²) in [4.78, 5) is 3.20. The van der Waals surface area contributed by atoms with Crippen molar-refractivity contribution in [2.75, 3.05) is 0 Å². The molecule has 1 heterocycles. The van der Waals surface area contributed by atoms with Gasteiger partial charge in [0.1, 0.15) is 0 Å². The lowest BCUT2D eigenvalue weighted by Gasteiger charge is -2.02. The van der Waals surface area contributed by atoms with E-state index in [1.807, 2.05) is 31.3 Å². The third kappa shape index (κ3) is 1.56. The zero-order valence-corrected chi connectivity index (χ0v) is 9.87. The van der Waals surface area contributed by atoms with Crippen LogP contribution in [0.1, 0.15) is 5.56 Å². The Morgan fingerprint density at radius 3 is 2.78 bits per heavy atom. The molecule has 3 heteroatoms. The minimum absolute atomic E-state index is 0.324. The van der Waals surface area contributed by atoms with Gasteiger partial charge in [0.25, 0.3) is 0 Å². The van der Waals surface area contributed by atoms with Crippen molar-refractivity contribution >= 4 is 10.9 Å². The first kappa shape index (κ1) is 10.8. The first-order chi connectivity index (χ1) is 8.66. The van der Waals surface area contributed by atoms with Crippen LogP contribution in [-0.2, 0) is 0 Å². The van der Waals surface area contributed by atoms with Crippen molar-refractivity contribution in [2.24, 2.45) is 0 Å². The first-order valence-corrected chi connectivity index (χ1v) is 5.72. The fraction of sp³-hybridized carbons (Fsp3) is 0.0667. The number of phenols is 1. The number of nitrogens with one attached hydrogen (secondary N) is 1. The van der Waals surface area contributed by atoms with Gasteiger partial charge in [0, 0.05) is 22.7 Å². The van der Waals surface area contributed by atoms with Crippen molar-refractivity contribution in [2.45, 2.75) is 6.92 Å². The van der Waals surface area contributed by atoms with Crippen molar-refractivity contribution in [3.63, 3.8) is 0 Å². The number of halogens is 1. The molecular weight excluding hydrogens is 229 g/mol. The summed E-state index contributed by atoms with van der Waals surface area (Å²) in [6.45, 7) is 2.03. The Morgan fingerprint density at radius 2 is 2.00 bits per heavy atom. The van der Waals surface area contributed by atoms with Crippen LogP contribution in [0.4, 0.5) is 4.39 Å². The summed E-state index contributed by atoms with van der Waals surface area (Å²) >= 11 is 0.